The van der Waals surface area contributed by atoms with E-state index in [9.17, 15) is 4.79 Å². The van der Waals surface area contributed by atoms with Crippen LogP contribution in [0.2, 0.25) is 0 Å². The average molecular weight is 375 g/mol. The van der Waals surface area contributed by atoms with Crippen LogP contribution < -0.4 is 0 Å². The van der Waals surface area contributed by atoms with E-state index in [0.29, 0.717) is 29.0 Å². The van der Waals surface area contributed by atoms with Crippen LogP contribution in [0.5, 0.6) is 0 Å². The van der Waals surface area contributed by atoms with Gasteiger partial charge in [-0.3, -0.25) is 4.79 Å². The molecule has 0 amide bonds. The molecule has 4 saturated carbocycles. The molecule has 0 bridgehead atoms. The molecule has 144 valence electrons. The van der Waals surface area contributed by atoms with E-state index >= 15 is 0 Å². The monoisotopic (exact) mass is 374 g/mol. The Bertz CT molecular complexity index is 624. The molecule has 2 nitrogen and oxygen atoms in total. The molecule has 26 heavy (non-hydrogen) atoms. The van der Waals surface area contributed by atoms with Gasteiger partial charge in [0.15, 0.2) is 0 Å². The molecule has 7 atom stereocenters. The van der Waals surface area contributed by atoms with Gasteiger partial charge in [0.2, 0.25) is 0 Å². The summed E-state index contributed by atoms with van der Waals surface area (Å²) in [6.07, 6.45) is 18.2. The van der Waals surface area contributed by atoms with Crippen LogP contribution in [-0.4, -0.2) is 23.6 Å². The molecule has 4 rings (SSSR count). The second-order valence-corrected chi connectivity index (χ2v) is 10.7. The summed E-state index contributed by atoms with van der Waals surface area (Å²) in [7, 11) is 0. The zero-order valence-corrected chi connectivity index (χ0v) is 17.5. The molecular formula is C23H34O2S. The van der Waals surface area contributed by atoms with Crippen molar-refractivity contribution in [3.8, 4) is 12.3 Å². The van der Waals surface area contributed by atoms with E-state index in [1.54, 1.807) is 11.8 Å². The van der Waals surface area contributed by atoms with Crippen molar-refractivity contribution in [2.45, 2.75) is 77.2 Å². The first-order valence-corrected chi connectivity index (χ1v) is 11.9. The largest absolute Gasteiger partial charge is 0.351 e. The Morgan fingerprint density at radius 3 is 2.65 bits per heavy atom. The maximum atomic E-state index is 12.0. The molecule has 4 aliphatic carbocycles. The third kappa shape index (κ3) is 2.47. The lowest BCUT2D eigenvalue weighted by atomic mass is 9.44. The third-order valence-corrected chi connectivity index (χ3v) is 9.61. The standard InChI is InChI=1S/C23H34O2S/c1-5-23(25-15-26-4)13-10-20-18-7-6-16-14-17(24)8-11-21(16,2)19(18)9-12-22(20,23)3/h1,16,18-20H,6-15H2,2-4H3/t16-,18+,19-,20-,21-,22-,23-/m0/s1. The number of carbonyl (C=O) groups excluding carboxylic acids is 1. The Morgan fingerprint density at radius 1 is 1.15 bits per heavy atom. The van der Waals surface area contributed by atoms with Gasteiger partial charge in [-0.05, 0) is 80.3 Å². The molecular weight excluding hydrogens is 340 g/mol. The molecule has 0 N–H and O–H groups in total. The maximum Gasteiger partial charge on any atom is 0.135 e. The van der Waals surface area contributed by atoms with Crippen LogP contribution in [0.25, 0.3) is 0 Å². The number of rotatable bonds is 3. The molecule has 0 radical (unpaired) electrons. The molecule has 4 aliphatic rings. The second kappa shape index (κ2) is 6.56. The summed E-state index contributed by atoms with van der Waals surface area (Å²) in [6, 6.07) is 0. The van der Waals surface area contributed by atoms with Crippen molar-refractivity contribution < 1.29 is 9.53 Å². The Kier molecular flexibility index (Phi) is 4.76. The molecule has 0 aromatic heterocycles. The molecule has 3 heteroatoms. The fraction of sp³-hybridized carbons (Fsp3) is 0.870. The van der Waals surface area contributed by atoms with Crippen molar-refractivity contribution in [3.05, 3.63) is 0 Å². The summed E-state index contributed by atoms with van der Waals surface area (Å²) in [6.45, 7) is 4.94. The summed E-state index contributed by atoms with van der Waals surface area (Å²) < 4.78 is 6.37. The Labute approximate surface area is 163 Å². The van der Waals surface area contributed by atoms with E-state index in [2.05, 4.69) is 26.0 Å². The van der Waals surface area contributed by atoms with Gasteiger partial charge in [-0.2, -0.15) is 0 Å². The quantitative estimate of drug-likeness (QED) is 0.495. The van der Waals surface area contributed by atoms with Crippen molar-refractivity contribution in [1.82, 2.24) is 0 Å². The van der Waals surface area contributed by atoms with Gasteiger partial charge in [-0.15, -0.1) is 18.2 Å². The van der Waals surface area contributed by atoms with Gasteiger partial charge in [0.1, 0.15) is 11.4 Å². The number of fused-ring (bicyclic) bond motifs is 5. The maximum absolute atomic E-state index is 12.0. The number of carbonyl (C=O) groups is 1. The summed E-state index contributed by atoms with van der Waals surface area (Å²) in [5, 5.41) is 0. The molecule has 0 aliphatic heterocycles. The lowest BCUT2D eigenvalue weighted by Gasteiger charge is -2.61. The molecule has 0 spiro atoms. The Morgan fingerprint density at radius 2 is 1.92 bits per heavy atom. The van der Waals surface area contributed by atoms with E-state index in [0.717, 1.165) is 37.5 Å². The smallest absolute Gasteiger partial charge is 0.135 e. The predicted molar refractivity (Wildman–Crippen MR) is 108 cm³/mol. The number of terminal acetylenes is 1. The lowest BCUT2D eigenvalue weighted by Crippen LogP contribution is -2.56. The molecule has 0 unspecified atom stereocenters. The number of hydrogen-bond acceptors (Lipinski definition) is 3. The first kappa shape index (κ1) is 18.9. The first-order chi connectivity index (χ1) is 12.4. The fourth-order valence-electron chi connectivity index (χ4n) is 7.72. The summed E-state index contributed by atoms with van der Waals surface area (Å²) >= 11 is 1.73. The molecule has 0 heterocycles. The third-order valence-electron chi connectivity index (χ3n) is 9.26. The normalized spacial score (nSPS) is 50.5. The van der Waals surface area contributed by atoms with Gasteiger partial charge >= 0.3 is 0 Å². The van der Waals surface area contributed by atoms with E-state index in [4.69, 9.17) is 11.2 Å². The van der Waals surface area contributed by atoms with Crippen LogP contribution in [0.15, 0.2) is 0 Å². The van der Waals surface area contributed by atoms with Gasteiger partial charge in [0.25, 0.3) is 0 Å². The van der Waals surface area contributed by atoms with Crippen molar-refractivity contribution in [1.29, 1.82) is 0 Å². The highest BCUT2D eigenvalue weighted by molar-refractivity contribution is 7.98. The van der Waals surface area contributed by atoms with Crippen LogP contribution >= 0.6 is 11.8 Å². The highest BCUT2D eigenvalue weighted by Crippen LogP contribution is 2.68. The van der Waals surface area contributed by atoms with Crippen LogP contribution in [0.1, 0.15) is 71.6 Å². The highest BCUT2D eigenvalue weighted by Gasteiger charge is 2.65. The zero-order valence-electron chi connectivity index (χ0n) is 16.7. The second-order valence-electron chi connectivity index (χ2n) is 9.92. The summed E-state index contributed by atoms with van der Waals surface area (Å²) in [5.74, 6) is 7.21. The Hall–Kier alpha value is -0.460. The lowest BCUT2D eigenvalue weighted by molar-refractivity contribution is -0.152. The van der Waals surface area contributed by atoms with Crippen LogP contribution in [0.4, 0.5) is 0 Å². The number of ether oxygens (including phenoxy) is 1. The van der Waals surface area contributed by atoms with Crippen LogP contribution in [0.3, 0.4) is 0 Å². The van der Waals surface area contributed by atoms with E-state index in [1.165, 1.54) is 32.1 Å². The minimum absolute atomic E-state index is 0.117. The number of Topliss-reactive ketones (excluding diaryl/α,β-unsaturated/α-hetero) is 1. The minimum Gasteiger partial charge on any atom is -0.351 e. The average Bonchev–Trinajstić information content (AvgIpc) is 2.93. The molecule has 0 aromatic carbocycles. The number of ketones is 1. The summed E-state index contributed by atoms with van der Waals surface area (Å²) in [4.78, 5) is 12.0. The zero-order chi connectivity index (χ0) is 18.6. The first-order valence-electron chi connectivity index (χ1n) is 10.5. The van der Waals surface area contributed by atoms with Gasteiger partial charge in [-0.1, -0.05) is 19.8 Å². The molecule has 0 aromatic rings. The number of hydrogen-bond donors (Lipinski definition) is 0. The minimum atomic E-state index is -0.369. The fourth-order valence-corrected chi connectivity index (χ4v) is 8.04. The van der Waals surface area contributed by atoms with Crippen molar-refractivity contribution >= 4 is 17.5 Å². The van der Waals surface area contributed by atoms with Gasteiger partial charge < -0.3 is 4.74 Å². The van der Waals surface area contributed by atoms with Gasteiger partial charge in [-0.25, -0.2) is 0 Å². The van der Waals surface area contributed by atoms with E-state index < -0.39 is 0 Å². The van der Waals surface area contributed by atoms with Crippen LogP contribution in [0, 0.1) is 46.8 Å². The SMILES string of the molecule is C#C[C@]1(OCSC)CC[C@H]2[C@@H]3CC[C@H]4CC(=O)CC[C@]4(C)[C@H]3CC[C@@]21C. The van der Waals surface area contributed by atoms with Crippen molar-refractivity contribution in [3.63, 3.8) is 0 Å². The summed E-state index contributed by atoms with van der Waals surface area (Å²) in [5.41, 5.74) is 0.123. The van der Waals surface area contributed by atoms with E-state index in [-0.39, 0.29) is 11.0 Å². The molecule has 4 fully saturated rings. The van der Waals surface area contributed by atoms with Crippen molar-refractivity contribution in [2.75, 3.05) is 12.2 Å². The molecule has 0 saturated heterocycles. The predicted octanol–water partition coefficient (Wildman–Crippen LogP) is 5.31. The van der Waals surface area contributed by atoms with Crippen LogP contribution in [-0.2, 0) is 9.53 Å². The number of thioether (sulfide) groups is 1. The van der Waals surface area contributed by atoms with Gasteiger partial charge in [0, 0.05) is 18.3 Å². The van der Waals surface area contributed by atoms with Gasteiger partial charge in [0.05, 0.1) is 5.94 Å². The highest BCUT2D eigenvalue weighted by atomic mass is 32.2. The van der Waals surface area contributed by atoms with E-state index in [1.807, 2.05) is 0 Å². The topological polar surface area (TPSA) is 26.3 Å². The van der Waals surface area contributed by atoms with Crippen molar-refractivity contribution in [2.24, 2.45) is 34.5 Å². The Balaban J connectivity index is 1.62.